The highest BCUT2D eigenvalue weighted by atomic mass is 35.5. The van der Waals surface area contributed by atoms with Gasteiger partial charge in [0.15, 0.2) is 5.65 Å². The molecule has 1 unspecified atom stereocenters. The summed E-state index contributed by atoms with van der Waals surface area (Å²) in [5.74, 6) is 0.854. The Morgan fingerprint density at radius 2 is 1.90 bits per heavy atom. The molecular weight excluding hydrogens is 529 g/mol. The fourth-order valence-corrected chi connectivity index (χ4v) is 6.79. The highest BCUT2D eigenvalue weighted by Crippen LogP contribution is 2.31. The van der Waals surface area contributed by atoms with Crippen molar-refractivity contribution in [2.45, 2.75) is 50.3 Å². The zero-order chi connectivity index (χ0) is 27.8. The number of nitrogens with zero attached hydrogens (tertiary/aromatic N) is 4. The lowest BCUT2D eigenvalue weighted by Crippen LogP contribution is -2.41. The minimum Gasteiger partial charge on any atom is -0.370 e. The SMILES string of the molecule is [B]c1cnn2c(NCC3CCCN(S(=O)(=O)c4ccc(C(C)(C)CC)cc4)C3)cc(-c3ccccc3Cl)nc12. The van der Waals surface area contributed by atoms with Crippen molar-refractivity contribution in [1.82, 2.24) is 18.9 Å². The van der Waals surface area contributed by atoms with E-state index in [1.54, 1.807) is 27.2 Å². The van der Waals surface area contributed by atoms with Crippen LogP contribution in [0.2, 0.25) is 5.02 Å². The molecule has 10 heteroatoms. The van der Waals surface area contributed by atoms with E-state index in [1.807, 2.05) is 42.5 Å². The molecule has 3 heterocycles. The molecule has 4 aromatic rings. The highest BCUT2D eigenvalue weighted by Gasteiger charge is 2.31. The molecule has 1 saturated heterocycles. The second kappa shape index (κ2) is 10.9. The summed E-state index contributed by atoms with van der Waals surface area (Å²) < 4.78 is 30.3. The number of nitrogens with one attached hydrogen (secondary N) is 1. The van der Waals surface area contributed by atoms with Gasteiger partial charge in [-0.05, 0) is 59.8 Å². The van der Waals surface area contributed by atoms with Crippen molar-refractivity contribution >= 4 is 46.4 Å². The number of sulfonamides is 1. The Labute approximate surface area is 237 Å². The minimum absolute atomic E-state index is 0.00745. The predicted molar refractivity (Wildman–Crippen MR) is 159 cm³/mol. The van der Waals surface area contributed by atoms with Gasteiger partial charge in [0.05, 0.1) is 10.6 Å². The first-order chi connectivity index (χ1) is 18.6. The van der Waals surface area contributed by atoms with Crippen molar-refractivity contribution in [3.63, 3.8) is 0 Å². The smallest absolute Gasteiger partial charge is 0.243 e. The summed E-state index contributed by atoms with van der Waals surface area (Å²) in [7, 11) is 2.57. The molecule has 2 radical (unpaired) electrons. The second-order valence-electron chi connectivity index (χ2n) is 10.9. The first-order valence-corrected chi connectivity index (χ1v) is 15.2. The van der Waals surface area contributed by atoms with Gasteiger partial charge in [-0.2, -0.15) is 13.9 Å². The molecule has 5 rings (SSSR count). The molecule has 39 heavy (non-hydrogen) atoms. The third-order valence-electron chi connectivity index (χ3n) is 7.86. The third kappa shape index (κ3) is 5.58. The van der Waals surface area contributed by atoms with Gasteiger partial charge in [0.2, 0.25) is 10.0 Å². The van der Waals surface area contributed by atoms with Gasteiger partial charge in [-0.1, -0.05) is 62.7 Å². The van der Waals surface area contributed by atoms with Gasteiger partial charge in [0.1, 0.15) is 13.7 Å². The Bertz CT molecular complexity index is 1590. The normalized spacial score (nSPS) is 17.0. The van der Waals surface area contributed by atoms with E-state index < -0.39 is 10.0 Å². The van der Waals surface area contributed by atoms with E-state index in [1.165, 1.54) is 0 Å². The summed E-state index contributed by atoms with van der Waals surface area (Å²) >= 11 is 6.45. The number of hydrogen-bond donors (Lipinski definition) is 1. The topological polar surface area (TPSA) is 79.6 Å². The van der Waals surface area contributed by atoms with Crippen LogP contribution in [0.3, 0.4) is 0 Å². The van der Waals surface area contributed by atoms with Gasteiger partial charge in [0.25, 0.3) is 0 Å². The Hall–Kier alpha value is -2.88. The van der Waals surface area contributed by atoms with E-state index in [2.05, 4.69) is 36.2 Å². The fourth-order valence-electron chi connectivity index (χ4n) is 5.00. The number of fused-ring (bicyclic) bond motifs is 1. The molecule has 1 aliphatic heterocycles. The maximum absolute atomic E-state index is 13.5. The van der Waals surface area contributed by atoms with Crippen LogP contribution in [0.5, 0.6) is 0 Å². The van der Waals surface area contributed by atoms with Crippen LogP contribution in [-0.4, -0.2) is 54.8 Å². The Morgan fingerprint density at radius 3 is 2.62 bits per heavy atom. The van der Waals surface area contributed by atoms with Crippen LogP contribution in [0.15, 0.2) is 65.7 Å². The van der Waals surface area contributed by atoms with Crippen molar-refractivity contribution in [3.05, 3.63) is 71.4 Å². The molecule has 1 atom stereocenters. The lowest BCUT2D eigenvalue weighted by Gasteiger charge is -2.32. The highest BCUT2D eigenvalue weighted by molar-refractivity contribution is 7.89. The van der Waals surface area contributed by atoms with Crippen LogP contribution in [0.1, 0.15) is 45.6 Å². The van der Waals surface area contributed by atoms with E-state index in [4.69, 9.17) is 19.4 Å². The summed E-state index contributed by atoms with van der Waals surface area (Å²) in [6, 6.07) is 16.8. The molecular formula is C29H33BClN5O2S. The zero-order valence-electron chi connectivity index (χ0n) is 22.6. The molecule has 2 aromatic carbocycles. The zero-order valence-corrected chi connectivity index (χ0v) is 24.1. The first-order valence-electron chi connectivity index (χ1n) is 13.3. The average molecular weight is 562 g/mol. The van der Waals surface area contributed by atoms with Gasteiger partial charge >= 0.3 is 0 Å². The van der Waals surface area contributed by atoms with Crippen molar-refractivity contribution in [1.29, 1.82) is 0 Å². The first kappa shape index (κ1) is 27.7. The van der Waals surface area contributed by atoms with Crippen LogP contribution in [0.4, 0.5) is 5.82 Å². The monoisotopic (exact) mass is 561 g/mol. The van der Waals surface area contributed by atoms with Gasteiger partial charge in [-0.3, -0.25) is 0 Å². The lowest BCUT2D eigenvalue weighted by atomic mass is 9.82. The molecule has 1 aliphatic rings. The van der Waals surface area contributed by atoms with Crippen LogP contribution in [0.25, 0.3) is 16.9 Å². The van der Waals surface area contributed by atoms with Crippen LogP contribution >= 0.6 is 11.6 Å². The van der Waals surface area contributed by atoms with Crippen molar-refractivity contribution in [3.8, 4) is 11.3 Å². The summed E-state index contributed by atoms with van der Waals surface area (Å²) in [6.07, 6.45) is 4.29. The summed E-state index contributed by atoms with van der Waals surface area (Å²) in [4.78, 5) is 5.04. The maximum Gasteiger partial charge on any atom is 0.243 e. The third-order valence-corrected chi connectivity index (χ3v) is 10.1. The number of benzene rings is 2. The molecule has 2 aromatic heterocycles. The van der Waals surface area contributed by atoms with E-state index in [9.17, 15) is 8.42 Å². The molecule has 0 amide bonds. The summed E-state index contributed by atoms with van der Waals surface area (Å²) in [5.41, 5.74) is 3.64. The largest absolute Gasteiger partial charge is 0.370 e. The van der Waals surface area contributed by atoms with Crippen molar-refractivity contribution in [2.24, 2.45) is 5.92 Å². The van der Waals surface area contributed by atoms with E-state index >= 15 is 0 Å². The maximum atomic E-state index is 13.5. The standard InChI is InChI=1S/C29H33BClN5O2S/c1-4-29(2,3)21-11-13-22(14-12-21)39(37,38)35-15-7-8-20(19-35)17-32-27-16-26(23-9-5-6-10-25(23)31)34-28-24(30)18-33-36(27)28/h5-6,9-14,16,18,20,32H,4,7-8,15,17,19H2,1-3H3. The number of aromatic nitrogens is 3. The summed E-state index contributed by atoms with van der Waals surface area (Å²) in [6.45, 7) is 8.03. The van der Waals surface area contributed by atoms with Crippen molar-refractivity contribution in [2.75, 3.05) is 25.0 Å². The molecule has 7 nitrogen and oxygen atoms in total. The quantitative estimate of drug-likeness (QED) is 0.305. The molecule has 0 saturated carbocycles. The predicted octanol–water partition coefficient (Wildman–Crippen LogP) is 5.04. The van der Waals surface area contributed by atoms with E-state index in [-0.39, 0.29) is 11.3 Å². The number of halogens is 1. The van der Waals surface area contributed by atoms with Crippen molar-refractivity contribution < 1.29 is 8.42 Å². The molecule has 0 spiro atoms. The van der Waals surface area contributed by atoms with E-state index in [0.717, 1.165) is 36.2 Å². The Kier molecular flexibility index (Phi) is 7.77. The Morgan fingerprint density at radius 1 is 1.15 bits per heavy atom. The van der Waals surface area contributed by atoms with E-state index in [0.29, 0.717) is 46.4 Å². The fraction of sp³-hybridized carbons (Fsp3) is 0.379. The molecule has 0 aliphatic carbocycles. The second-order valence-corrected chi connectivity index (χ2v) is 13.2. The Balaban J connectivity index is 1.34. The minimum atomic E-state index is -3.58. The van der Waals surface area contributed by atoms with Gasteiger partial charge in [-0.25, -0.2) is 13.4 Å². The molecule has 1 fully saturated rings. The molecule has 1 N–H and O–H groups in total. The summed E-state index contributed by atoms with van der Waals surface area (Å²) in [5, 5.41) is 8.47. The number of piperidine rings is 1. The lowest BCUT2D eigenvalue weighted by molar-refractivity contribution is 0.275. The van der Waals surface area contributed by atoms with Crippen LogP contribution in [0, 0.1) is 5.92 Å². The molecule has 202 valence electrons. The van der Waals surface area contributed by atoms with Gasteiger partial charge in [-0.15, -0.1) is 0 Å². The van der Waals surface area contributed by atoms with Gasteiger partial charge < -0.3 is 5.32 Å². The molecule has 0 bridgehead atoms. The van der Waals surface area contributed by atoms with Crippen LogP contribution in [-0.2, 0) is 15.4 Å². The number of anilines is 1. The van der Waals surface area contributed by atoms with Crippen LogP contribution < -0.4 is 10.8 Å². The average Bonchev–Trinajstić information content (AvgIpc) is 3.32. The number of rotatable bonds is 8. The van der Waals surface area contributed by atoms with Gasteiger partial charge in [0, 0.05) is 42.5 Å². The number of hydrogen-bond acceptors (Lipinski definition) is 5.